The molecular formula is C73H118ClF3N12O12. The molecule has 3 N–H and O–H groups in total. The Hall–Kier alpha value is -6.28. The van der Waals surface area contributed by atoms with Crippen molar-refractivity contribution in [2.24, 2.45) is 35.5 Å². The number of amides is 12. The zero-order chi connectivity index (χ0) is 74.7. The summed E-state index contributed by atoms with van der Waals surface area (Å²) in [7, 11) is 7.25. The summed E-state index contributed by atoms with van der Waals surface area (Å²) >= 11 is 6.41. The second kappa shape index (κ2) is 35.9. The first-order chi connectivity index (χ1) is 47.6. The zero-order valence-electron chi connectivity index (χ0n) is 62.4. The average molecular weight is 1450 g/mol. The smallest absolute Gasteiger partial charge is 0.343 e. The van der Waals surface area contributed by atoms with Crippen molar-refractivity contribution < 1.29 is 70.7 Å². The Bertz CT molecular complexity index is 2960. The number of hydrogen-bond donors (Lipinski definition) is 3. The molecule has 4 aliphatic heterocycles. The molecule has 0 aromatic rings. The van der Waals surface area contributed by atoms with E-state index in [1.165, 1.54) is 74.4 Å². The van der Waals surface area contributed by atoms with Crippen LogP contribution < -0.4 is 16.0 Å². The first kappa shape index (κ1) is 82.0. The molecule has 24 nitrogen and oxygen atoms in total. The first-order valence-corrected chi connectivity index (χ1v) is 38.2. The van der Waals surface area contributed by atoms with E-state index in [2.05, 4.69) is 16.0 Å². The van der Waals surface area contributed by atoms with E-state index < -0.39 is 173 Å². The highest BCUT2D eigenvalue weighted by Crippen LogP contribution is 2.44. The molecule has 570 valence electrons. The number of fused-ring (bicyclic) bond motifs is 2. The van der Waals surface area contributed by atoms with E-state index in [9.17, 15) is 32.3 Å². The van der Waals surface area contributed by atoms with Crippen LogP contribution in [0.5, 0.6) is 0 Å². The quantitative estimate of drug-likeness (QED) is 0.177. The number of rotatable bonds is 12. The summed E-state index contributed by atoms with van der Waals surface area (Å²) in [6, 6.07) is -10.8. The van der Waals surface area contributed by atoms with Crippen LogP contribution in [-0.4, -0.2) is 261 Å². The van der Waals surface area contributed by atoms with Crippen molar-refractivity contribution in [3.05, 3.63) is 0 Å². The van der Waals surface area contributed by atoms with Gasteiger partial charge in [-0.05, 0) is 140 Å². The number of carbonyl (C=O) groups excluding carboxylic acids is 12. The van der Waals surface area contributed by atoms with Gasteiger partial charge in [-0.1, -0.05) is 92.9 Å². The molecular weight excluding hydrogens is 1330 g/mol. The zero-order valence-corrected chi connectivity index (χ0v) is 63.1. The third kappa shape index (κ3) is 19.6. The maximum absolute atomic E-state index is 15.5. The molecule has 3 unspecified atom stereocenters. The predicted octanol–water partition coefficient (Wildman–Crippen LogP) is 6.48. The van der Waals surface area contributed by atoms with Gasteiger partial charge >= 0.3 is 6.18 Å². The van der Waals surface area contributed by atoms with Gasteiger partial charge < -0.3 is 60.0 Å². The lowest BCUT2D eigenvalue weighted by Crippen LogP contribution is -2.65. The second-order valence-corrected chi connectivity index (χ2v) is 31.8. The largest absolute Gasteiger partial charge is 0.393 e. The van der Waals surface area contributed by atoms with Gasteiger partial charge in [0.2, 0.25) is 70.9 Å². The number of likely N-dealkylation sites (tertiary alicyclic amines) is 1. The van der Waals surface area contributed by atoms with E-state index in [4.69, 9.17) is 11.6 Å². The molecule has 13 atom stereocenters. The van der Waals surface area contributed by atoms with E-state index >= 15 is 38.4 Å². The van der Waals surface area contributed by atoms with Crippen molar-refractivity contribution in [1.82, 2.24) is 60.0 Å². The Labute approximate surface area is 601 Å². The Balaban J connectivity index is 1.28. The number of nitrogens with one attached hydrogen (secondary N) is 3. The van der Waals surface area contributed by atoms with Crippen molar-refractivity contribution >= 4 is 82.5 Å². The van der Waals surface area contributed by atoms with Crippen LogP contribution in [-0.2, 0) is 57.5 Å². The number of likely N-dealkylation sites (N-methyl/N-ethyl adjacent to an activating group) is 6. The summed E-state index contributed by atoms with van der Waals surface area (Å²) in [4.78, 5) is 193. The minimum Gasteiger partial charge on any atom is -0.343 e. The fourth-order valence-corrected chi connectivity index (χ4v) is 17.4. The molecule has 0 bridgehead atoms. The van der Waals surface area contributed by atoms with Crippen molar-refractivity contribution in [3.63, 3.8) is 0 Å². The molecule has 1 spiro atoms. The molecule has 101 heavy (non-hydrogen) atoms. The number of carbonyl (C=O) groups is 12. The van der Waals surface area contributed by atoms with Crippen LogP contribution >= 0.6 is 11.6 Å². The van der Waals surface area contributed by atoms with Gasteiger partial charge in [0, 0.05) is 73.3 Å². The number of piperidine rings is 1. The molecule has 0 radical (unpaired) electrons. The molecule has 7 fully saturated rings. The highest BCUT2D eigenvalue weighted by Gasteiger charge is 2.52. The van der Waals surface area contributed by atoms with Crippen LogP contribution in [0.1, 0.15) is 209 Å². The number of alkyl halides is 4. The van der Waals surface area contributed by atoms with Crippen LogP contribution in [0.15, 0.2) is 0 Å². The Morgan fingerprint density at radius 2 is 1.25 bits per heavy atom. The summed E-state index contributed by atoms with van der Waals surface area (Å²) in [6.07, 6.45) is 4.60. The summed E-state index contributed by atoms with van der Waals surface area (Å²) in [5.74, 6) is -10.6. The molecule has 12 amide bonds. The van der Waals surface area contributed by atoms with Gasteiger partial charge in [-0.25, -0.2) is 0 Å². The van der Waals surface area contributed by atoms with Gasteiger partial charge in [0.1, 0.15) is 59.9 Å². The average Bonchev–Trinajstić information content (AvgIpc) is 1.72. The lowest BCUT2D eigenvalue weighted by atomic mass is 9.78. The van der Waals surface area contributed by atoms with Gasteiger partial charge in [-0.15, -0.1) is 11.6 Å². The van der Waals surface area contributed by atoms with E-state index in [0.29, 0.717) is 51.6 Å². The number of halogens is 4. The van der Waals surface area contributed by atoms with Gasteiger partial charge in [0.25, 0.3) is 0 Å². The van der Waals surface area contributed by atoms with Crippen LogP contribution in [0.2, 0.25) is 0 Å². The minimum atomic E-state index is -4.51. The molecule has 7 aliphatic rings. The monoisotopic (exact) mass is 1450 g/mol. The van der Waals surface area contributed by atoms with Gasteiger partial charge in [-0.3, -0.25) is 57.5 Å². The third-order valence-corrected chi connectivity index (χ3v) is 23.9. The van der Waals surface area contributed by atoms with Crippen LogP contribution in [0, 0.1) is 35.5 Å². The van der Waals surface area contributed by atoms with Crippen molar-refractivity contribution in [1.29, 1.82) is 0 Å². The van der Waals surface area contributed by atoms with E-state index in [1.54, 1.807) is 39.5 Å². The van der Waals surface area contributed by atoms with E-state index in [-0.39, 0.29) is 108 Å². The highest BCUT2D eigenvalue weighted by molar-refractivity contribution is 6.21. The summed E-state index contributed by atoms with van der Waals surface area (Å²) in [5.41, 5.74) is -1.56. The third-order valence-electron chi connectivity index (χ3n) is 23.4. The Morgan fingerprint density at radius 1 is 0.614 bits per heavy atom. The number of hydrogen-bond acceptors (Lipinski definition) is 12. The molecule has 0 aromatic heterocycles. The lowest BCUT2D eigenvalue weighted by Gasteiger charge is -2.45. The highest BCUT2D eigenvalue weighted by atomic mass is 35.5. The standard InChI is InChI=1S/C73H118ClF3N12O12/c1-14-46(7)60-69(99)87(15-2)47(8)64(94)89-38-32-54(89)67(97)83(11)56(41-48-25-18-16-19-26-48)66(96)81(9)43-58(90)78-52(31-29-49-28-30-50(51(74)40-49)73(75,76)77)65(95)88-37-24-27-53(88)63(93)80-72(33-20-21-34-72)71(101)85(13)61(45(5)6)70(100)84(12)57(68(98)86-35-22-17-23-36-86)42-59(91)82(10)55(39-44(3)4)62(92)79-60/h44-57,60-61H,14-43H2,1-13H3,(H,78,90)(H,79,92)(H,80,93)/t46-,47-,49?,50?,51?,52-,53-,54-,55-,56-,57-,60-,61-/m0/s1. The van der Waals surface area contributed by atoms with E-state index in [0.717, 1.165) is 38.5 Å². The fraction of sp³-hybridized carbons (Fsp3) is 0.836. The second-order valence-electron chi connectivity index (χ2n) is 31.2. The summed E-state index contributed by atoms with van der Waals surface area (Å²) in [6.45, 7) is 14.6. The first-order valence-electron chi connectivity index (χ1n) is 37.7. The van der Waals surface area contributed by atoms with Crippen molar-refractivity contribution in [2.75, 3.05) is 74.5 Å². The Kier molecular flexibility index (Phi) is 29.2. The van der Waals surface area contributed by atoms with Gasteiger partial charge in [0.05, 0.1) is 18.9 Å². The minimum absolute atomic E-state index is 0.00118. The Morgan fingerprint density at radius 3 is 1.82 bits per heavy atom. The van der Waals surface area contributed by atoms with Crippen molar-refractivity contribution in [2.45, 2.75) is 281 Å². The van der Waals surface area contributed by atoms with Crippen LogP contribution in [0.3, 0.4) is 0 Å². The molecule has 4 saturated heterocycles. The lowest BCUT2D eigenvalue weighted by molar-refractivity contribution is -0.182. The van der Waals surface area contributed by atoms with Crippen LogP contribution in [0.4, 0.5) is 13.2 Å². The fourth-order valence-electron chi connectivity index (χ4n) is 16.8. The van der Waals surface area contributed by atoms with Gasteiger partial charge in [-0.2, -0.15) is 13.2 Å². The maximum Gasteiger partial charge on any atom is 0.393 e. The normalized spacial score (nSPS) is 30.8. The van der Waals surface area contributed by atoms with Crippen LogP contribution in [0.25, 0.3) is 0 Å². The van der Waals surface area contributed by atoms with E-state index in [1.807, 2.05) is 20.8 Å². The molecule has 3 saturated carbocycles. The topological polar surface area (TPSA) is 270 Å². The number of nitrogens with zero attached hydrogens (tertiary/aromatic N) is 9. The predicted molar refractivity (Wildman–Crippen MR) is 375 cm³/mol. The molecule has 3 aliphatic carbocycles. The summed E-state index contributed by atoms with van der Waals surface area (Å²) < 4.78 is 42.1. The van der Waals surface area contributed by atoms with Gasteiger partial charge in [0.15, 0.2) is 0 Å². The summed E-state index contributed by atoms with van der Waals surface area (Å²) in [5, 5.41) is 7.66. The molecule has 0 aromatic carbocycles. The molecule has 28 heteroatoms. The van der Waals surface area contributed by atoms with Crippen molar-refractivity contribution in [3.8, 4) is 0 Å². The molecule has 4 heterocycles. The molecule has 7 rings (SSSR count). The maximum atomic E-state index is 15.5. The SMILES string of the molecule is CC[C@H](C)[C@@H]1NC(=O)[C@H](CC(C)C)N(C)C(=O)C[C@@H](C(=O)N2CCCCC2)N(C)C(=O)[C@H](C(C)C)N(C)C(=O)C2(CCCC2)NC(=O)[C@@H]2CCCN2C(=O)[C@H](CCC2CCC(C(F)(F)F)C(Cl)C2)NC(=O)CN(C)C(=O)[C@H](CC2CCCCC2)N(C)C(=O)[C@@H]2CCN2C(=O)[C@H](C)N(CC)C1=O.